The largest absolute Gasteiger partial charge is 0.493 e. The van der Waals surface area contributed by atoms with Gasteiger partial charge in [-0.05, 0) is 92.3 Å². The molecule has 7 heteroatoms. The summed E-state index contributed by atoms with van der Waals surface area (Å²) in [5.41, 5.74) is 8.08. The molecule has 0 bridgehead atoms. The van der Waals surface area contributed by atoms with Crippen molar-refractivity contribution in [3.05, 3.63) is 71.2 Å². The highest BCUT2D eigenvalue weighted by Gasteiger charge is 2.23. The molecule has 2 aromatic carbocycles. The predicted octanol–water partition coefficient (Wildman–Crippen LogP) is 6.47. The molecule has 0 fully saturated rings. The third-order valence-electron chi connectivity index (χ3n) is 6.84. The highest BCUT2D eigenvalue weighted by Crippen LogP contribution is 2.42. The topological polar surface area (TPSA) is 97.0 Å². The van der Waals surface area contributed by atoms with E-state index in [0.29, 0.717) is 12.5 Å². The zero-order chi connectivity index (χ0) is 28.1. The van der Waals surface area contributed by atoms with Gasteiger partial charge in [0.05, 0.1) is 35.4 Å². The standard InChI is InChI=1S/C28H25N3O3.C4H10O/c1-15(2)21-14-31-22-12-16(3)20(13-25(32)33)27(18(22)5-7-24(31)30-21)19-4-6-23-26-17(9-11-34-23)8-10-29-28(19)26;1-4(2,3)5/h4-8,10,12,14-15H,9,11,13H2,1-3H3,(H,32,33);5H,1-3H3. The number of hydrogen-bond donors (Lipinski definition) is 2. The fourth-order valence-corrected chi connectivity index (χ4v) is 5.18. The number of aliphatic carboxylic acids is 1. The number of fused-ring (bicyclic) bond motifs is 3. The van der Waals surface area contributed by atoms with Gasteiger partial charge in [-0.2, -0.15) is 0 Å². The van der Waals surface area contributed by atoms with E-state index < -0.39 is 11.6 Å². The van der Waals surface area contributed by atoms with Gasteiger partial charge in [-0.25, -0.2) is 4.98 Å². The van der Waals surface area contributed by atoms with Gasteiger partial charge >= 0.3 is 5.97 Å². The van der Waals surface area contributed by atoms with Gasteiger partial charge in [-0.15, -0.1) is 0 Å². The van der Waals surface area contributed by atoms with Crippen LogP contribution < -0.4 is 4.74 Å². The van der Waals surface area contributed by atoms with Crippen molar-refractivity contribution in [2.45, 2.75) is 65.9 Å². The summed E-state index contributed by atoms with van der Waals surface area (Å²) < 4.78 is 8.05. The SMILES string of the molecule is CC(C)(C)O.Cc1cc2c(ccc3nc(C(C)C)cn32)c(-c2ccc3c4c(ccnc24)CCO3)c1CC(=O)O. The fourth-order valence-electron chi connectivity index (χ4n) is 5.18. The van der Waals surface area contributed by atoms with Crippen LogP contribution in [0.4, 0.5) is 0 Å². The number of imidazole rings is 1. The summed E-state index contributed by atoms with van der Waals surface area (Å²) in [5.74, 6) is 0.295. The van der Waals surface area contributed by atoms with Crippen LogP contribution in [0.1, 0.15) is 62.9 Å². The van der Waals surface area contributed by atoms with E-state index in [0.717, 1.165) is 67.6 Å². The summed E-state index contributed by atoms with van der Waals surface area (Å²) in [6, 6.07) is 12.2. The summed E-state index contributed by atoms with van der Waals surface area (Å²) >= 11 is 0. The minimum atomic E-state index is -0.853. The lowest BCUT2D eigenvalue weighted by Gasteiger charge is -2.22. The number of aromatic nitrogens is 3. The van der Waals surface area contributed by atoms with Crippen LogP contribution in [0.3, 0.4) is 0 Å². The van der Waals surface area contributed by atoms with Crippen LogP contribution in [0.2, 0.25) is 0 Å². The Hall–Kier alpha value is -3.97. The van der Waals surface area contributed by atoms with Crippen LogP contribution in [-0.4, -0.2) is 42.8 Å². The minimum Gasteiger partial charge on any atom is -0.493 e. The summed E-state index contributed by atoms with van der Waals surface area (Å²) in [7, 11) is 0. The number of carbonyl (C=O) groups is 1. The van der Waals surface area contributed by atoms with Crippen LogP contribution in [-0.2, 0) is 17.6 Å². The molecule has 202 valence electrons. The quantitative estimate of drug-likeness (QED) is 0.279. The number of carboxylic acid groups (broad SMARTS) is 1. The first-order valence-corrected chi connectivity index (χ1v) is 13.3. The van der Waals surface area contributed by atoms with Crippen molar-refractivity contribution in [2.75, 3.05) is 6.61 Å². The van der Waals surface area contributed by atoms with Gasteiger partial charge in [0.1, 0.15) is 11.4 Å². The van der Waals surface area contributed by atoms with E-state index in [4.69, 9.17) is 19.8 Å². The van der Waals surface area contributed by atoms with Crippen molar-refractivity contribution in [3.8, 4) is 16.9 Å². The lowest BCUT2D eigenvalue weighted by Crippen LogP contribution is -2.10. The van der Waals surface area contributed by atoms with Crippen molar-refractivity contribution >= 4 is 33.4 Å². The highest BCUT2D eigenvalue weighted by atomic mass is 16.5. The van der Waals surface area contributed by atoms with Crippen molar-refractivity contribution < 1.29 is 19.7 Å². The molecule has 4 heterocycles. The maximum atomic E-state index is 11.9. The Morgan fingerprint density at radius 2 is 1.90 bits per heavy atom. The Kier molecular flexibility index (Phi) is 6.81. The molecule has 39 heavy (non-hydrogen) atoms. The van der Waals surface area contributed by atoms with Crippen molar-refractivity contribution in [2.24, 2.45) is 0 Å². The molecular weight excluding hydrogens is 490 g/mol. The molecule has 0 saturated carbocycles. The molecule has 1 aliphatic rings. The first kappa shape index (κ1) is 26.6. The molecule has 0 amide bonds. The van der Waals surface area contributed by atoms with Crippen LogP contribution in [0, 0.1) is 6.92 Å². The average Bonchev–Trinajstić information content (AvgIpc) is 3.30. The molecule has 0 aliphatic carbocycles. The normalized spacial score (nSPS) is 13.0. The summed E-state index contributed by atoms with van der Waals surface area (Å²) in [4.78, 5) is 21.5. The van der Waals surface area contributed by atoms with Gasteiger partial charge in [0.2, 0.25) is 0 Å². The molecule has 0 spiro atoms. The molecule has 1 aliphatic heterocycles. The molecule has 0 atom stereocenters. The lowest BCUT2D eigenvalue weighted by molar-refractivity contribution is -0.136. The number of nitrogens with zero attached hydrogens (tertiary/aromatic N) is 3. The number of carboxylic acids is 1. The number of aryl methyl sites for hydroxylation is 1. The monoisotopic (exact) mass is 525 g/mol. The highest BCUT2D eigenvalue weighted by molar-refractivity contribution is 6.08. The number of rotatable bonds is 4. The summed E-state index contributed by atoms with van der Waals surface area (Å²) in [5, 5.41) is 20.3. The van der Waals surface area contributed by atoms with Crippen LogP contribution in [0.5, 0.6) is 5.75 Å². The Morgan fingerprint density at radius 1 is 1.15 bits per heavy atom. The molecule has 0 saturated heterocycles. The van der Waals surface area contributed by atoms with Gasteiger partial charge < -0.3 is 14.9 Å². The van der Waals surface area contributed by atoms with Gasteiger partial charge in [-0.1, -0.05) is 13.8 Å². The smallest absolute Gasteiger partial charge is 0.307 e. The first-order valence-electron chi connectivity index (χ1n) is 13.3. The van der Waals surface area contributed by atoms with E-state index in [1.165, 1.54) is 5.56 Å². The summed E-state index contributed by atoms with van der Waals surface area (Å²) in [6.45, 7) is 12.1. The number of ether oxygens (including phenoxy) is 1. The molecule has 6 rings (SSSR count). The minimum absolute atomic E-state index is 0.0598. The van der Waals surface area contributed by atoms with E-state index in [2.05, 4.69) is 36.6 Å². The predicted molar refractivity (Wildman–Crippen MR) is 155 cm³/mol. The molecule has 7 nitrogen and oxygen atoms in total. The van der Waals surface area contributed by atoms with Crippen LogP contribution in [0.15, 0.2) is 48.8 Å². The maximum absolute atomic E-state index is 11.9. The van der Waals surface area contributed by atoms with Crippen molar-refractivity contribution in [1.82, 2.24) is 14.4 Å². The Bertz CT molecular complexity index is 1710. The van der Waals surface area contributed by atoms with Crippen LogP contribution in [0.25, 0.3) is 38.6 Å². The molecule has 5 aromatic rings. The van der Waals surface area contributed by atoms with Crippen molar-refractivity contribution in [3.63, 3.8) is 0 Å². The molecule has 0 unspecified atom stereocenters. The fraction of sp³-hybridized carbons (Fsp3) is 0.344. The molecule has 0 radical (unpaired) electrons. The third kappa shape index (κ3) is 5.19. The van der Waals surface area contributed by atoms with Gasteiger partial charge in [0, 0.05) is 35.2 Å². The molecule has 3 aromatic heterocycles. The second-order valence-electron chi connectivity index (χ2n) is 11.5. The van der Waals surface area contributed by atoms with E-state index in [9.17, 15) is 9.90 Å². The maximum Gasteiger partial charge on any atom is 0.307 e. The Balaban J connectivity index is 0.000000567. The van der Waals surface area contributed by atoms with E-state index in [-0.39, 0.29) is 6.42 Å². The molecular formula is C32H35N3O4. The first-order chi connectivity index (χ1) is 18.4. The van der Waals surface area contributed by atoms with Gasteiger partial charge in [0.25, 0.3) is 0 Å². The van der Waals surface area contributed by atoms with Gasteiger partial charge in [-0.3, -0.25) is 14.2 Å². The van der Waals surface area contributed by atoms with Gasteiger partial charge in [0.15, 0.2) is 0 Å². The zero-order valence-electron chi connectivity index (χ0n) is 23.4. The second kappa shape index (κ2) is 9.97. The number of pyridine rings is 2. The second-order valence-corrected chi connectivity index (χ2v) is 11.5. The van der Waals surface area contributed by atoms with Crippen molar-refractivity contribution in [1.29, 1.82) is 0 Å². The average molecular weight is 526 g/mol. The van der Waals surface area contributed by atoms with Crippen LogP contribution >= 0.6 is 0 Å². The Labute approximate surface area is 228 Å². The lowest BCUT2D eigenvalue weighted by atomic mass is 9.88. The number of hydrogen-bond acceptors (Lipinski definition) is 5. The van der Waals surface area contributed by atoms with E-state index >= 15 is 0 Å². The third-order valence-corrected chi connectivity index (χ3v) is 6.84. The molecule has 2 N–H and O–H groups in total. The van der Waals surface area contributed by atoms with E-state index in [1.807, 2.05) is 37.4 Å². The number of benzene rings is 2. The van der Waals surface area contributed by atoms with E-state index in [1.54, 1.807) is 20.8 Å². The number of aliphatic hydroxyl groups is 1. The zero-order valence-corrected chi connectivity index (χ0v) is 23.4. The Morgan fingerprint density at radius 3 is 2.59 bits per heavy atom. The summed E-state index contributed by atoms with van der Waals surface area (Å²) in [6.07, 6.45) is 4.70.